The Labute approximate surface area is 98.0 Å². The monoisotopic (exact) mass is 228 g/mol. The zero-order valence-electron chi connectivity index (χ0n) is 10.6. The molecule has 0 aromatic rings. The van der Waals surface area contributed by atoms with Crippen molar-refractivity contribution in [1.29, 1.82) is 0 Å². The first-order valence-electron chi connectivity index (χ1n) is 6.17. The first-order chi connectivity index (χ1) is 7.47. The van der Waals surface area contributed by atoms with E-state index in [-0.39, 0.29) is 18.1 Å². The van der Waals surface area contributed by atoms with Gasteiger partial charge in [0.15, 0.2) is 0 Å². The van der Waals surface area contributed by atoms with Crippen molar-refractivity contribution in [2.45, 2.75) is 45.8 Å². The highest BCUT2D eigenvalue weighted by Gasteiger charge is 2.26. The van der Waals surface area contributed by atoms with Crippen LogP contribution in [0.1, 0.15) is 33.6 Å². The Balaban J connectivity index is 2.08. The van der Waals surface area contributed by atoms with E-state index in [1.165, 1.54) is 0 Å². The highest BCUT2D eigenvalue weighted by Crippen LogP contribution is 2.08. The molecule has 2 N–H and O–H groups in total. The van der Waals surface area contributed by atoms with Gasteiger partial charge in [-0.15, -0.1) is 0 Å². The quantitative estimate of drug-likeness (QED) is 0.700. The standard InChI is InChI=1S/C12H24N2O2/c1-9(2)4-5-10(3)13-12(16)8-14-6-11(15)7-14/h9-11,15H,4-8H2,1-3H3,(H,13,16). The molecule has 4 heteroatoms. The first-order valence-corrected chi connectivity index (χ1v) is 6.17. The number of amides is 1. The Bertz CT molecular complexity index is 225. The molecular formula is C12H24N2O2. The molecular weight excluding hydrogens is 204 g/mol. The van der Waals surface area contributed by atoms with Crippen molar-refractivity contribution < 1.29 is 9.90 Å². The second kappa shape index (κ2) is 6.21. The predicted octanol–water partition coefficient (Wildman–Crippen LogP) is 0.604. The summed E-state index contributed by atoms with van der Waals surface area (Å²) in [4.78, 5) is 13.5. The van der Waals surface area contributed by atoms with Gasteiger partial charge >= 0.3 is 0 Å². The van der Waals surface area contributed by atoms with Crippen molar-refractivity contribution in [1.82, 2.24) is 10.2 Å². The van der Waals surface area contributed by atoms with Crippen molar-refractivity contribution in [2.24, 2.45) is 5.92 Å². The Kier molecular flexibility index (Phi) is 5.22. The highest BCUT2D eigenvalue weighted by atomic mass is 16.3. The summed E-state index contributed by atoms with van der Waals surface area (Å²) in [6.45, 7) is 8.11. The number of aliphatic hydroxyl groups is 1. The molecule has 0 saturated carbocycles. The lowest BCUT2D eigenvalue weighted by Gasteiger charge is -2.35. The number of likely N-dealkylation sites (tertiary alicyclic amines) is 1. The molecule has 1 aliphatic heterocycles. The van der Waals surface area contributed by atoms with Crippen molar-refractivity contribution in [3.8, 4) is 0 Å². The molecule has 1 rings (SSSR count). The second-order valence-corrected chi connectivity index (χ2v) is 5.29. The van der Waals surface area contributed by atoms with E-state index >= 15 is 0 Å². The Morgan fingerprint density at radius 1 is 1.38 bits per heavy atom. The molecule has 1 fully saturated rings. The number of hydrogen-bond acceptors (Lipinski definition) is 3. The van der Waals surface area contributed by atoms with Gasteiger partial charge in [0.25, 0.3) is 0 Å². The van der Waals surface area contributed by atoms with Gasteiger partial charge in [-0.3, -0.25) is 9.69 Å². The van der Waals surface area contributed by atoms with E-state index in [2.05, 4.69) is 19.2 Å². The number of rotatable bonds is 6. The van der Waals surface area contributed by atoms with E-state index < -0.39 is 0 Å². The average Bonchev–Trinajstić information content (AvgIpc) is 2.12. The summed E-state index contributed by atoms with van der Waals surface area (Å²) in [5, 5.41) is 12.1. The summed E-state index contributed by atoms with van der Waals surface area (Å²) in [5.41, 5.74) is 0. The van der Waals surface area contributed by atoms with E-state index in [9.17, 15) is 4.79 Å². The van der Waals surface area contributed by atoms with Gasteiger partial charge in [-0.05, 0) is 25.7 Å². The molecule has 16 heavy (non-hydrogen) atoms. The molecule has 94 valence electrons. The molecule has 0 radical (unpaired) electrons. The number of aliphatic hydroxyl groups excluding tert-OH is 1. The summed E-state index contributed by atoms with van der Waals surface area (Å²) in [5.74, 6) is 0.757. The molecule has 1 aliphatic rings. The molecule has 0 spiro atoms. The summed E-state index contributed by atoms with van der Waals surface area (Å²) in [6.07, 6.45) is 1.95. The van der Waals surface area contributed by atoms with Crippen LogP contribution in [0, 0.1) is 5.92 Å². The van der Waals surface area contributed by atoms with Crippen molar-refractivity contribution >= 4 is 5.91 Å². The third kappa shape index (κ3) is 4.94. The molecule has 0 bridgehead atoms. The zero-order chi connectivity index (χ0) is 12.1. The van der Waals surface area contributed by atoms with Gasteiger partial charge in [0.05, 0.1) is 12.6 Å². The minimum Gasteiger partial charge on any atom is -0.390 e. The van der Waals surface area contributed by atoms with Crippen LogP contribution in [0.5, 0.6) is 0 Å². The molecule has 0 aromatic carbocycles. The molecule has 4 nitrogen and oxygen atoms in total. The number of carbonyl (C=O) groups excluding carboxylic acids is 1. The molecule has 1 unspecified atom stereocenters. The largest absolute Gasteiger partial charge is 0.390 e. The van der Waals surface area contributed by atoms with Crippen LogP contribution < -0.4 is 5.32 Å². The van der Waals surface area contributed by atoms with E-state index in [1.807, 2.05) is 11.8 Å². The summed E-state index contributed by atoms with van der Waals surface area (Å²) in [7, 11) is 0. The Morgan fingerprint density at radius 2 is 2.00 bits per heavy atom. The number of carbonyl (C=O) groups is 1. The fourth-order valence-electron chi connectivity index (χ4n) is 1.85. The Hall–Kier alpha value is -0.610. The van der Waals surface area contributed by atoms with Crippen LogP contribution in [0.4, 0.5) is 0 Å². The third-order valence-corrected chi connectivity index (χ3v) is 2.89. The van der Waals surface area contributed by atoms with Gasteiger partial charge in [0, 0.05) is 19.1 Å². The maximum atomic E-state index is 11.6. The van der Waals surface area contributed by atoms with Crippen LogP contribution >= 0.6 is 0 Å². The molecule has 1 amide bonds. The average molecular weight is 228 g/mol. The lowest BCUT2D eigenvalue weighted by Crippen LogP contribution is -2.54. The van der Waals surface area contributed by atoms with Gasteiger partial charge < -0.3 is 10.4 Å². The third-order valence-electron chi connectivity index (χ3n) is 2.89. The topological polar surface area (TPSA) is 52.6 Å². The van der Waals surface area contributed by atoms with Crippen LogP contribution in [0.3, 0.4) is 0 Å². The normalized spacial score (nSPS) is 19.6. The summed E-state index contributed by atoms with van der Waals surface area (Å²) < 4.78 is 0. The van der Waals surface area contributed by atoms with Crippen molar-refractivity contribution in [2.75, 3.05) is 19.6 Å². The molecule has 1 saturated heterocycles. The summed E-state index contributed by atoms with van der Waals surface area (Å²) in [6, 6.07) is 0.251. The lowest BCUT2D eigenvalue weighted by molar-refractivity contribution is -0.125. The van der Waals surface area contributed by atoms with Gasteiger partial charge in [-0.1, -0.05) is 13.8 Å². The fraction of sp³-hybridized carbons (Fsp3) is 0.917. The highest BCUT2D eigenvalue weighted by molar-refractivity contribution is 5.78. The number of nitrogens with zero attached hydrogens (tertiary/aromatic N) is 1. The van der Waals surface area contributed by atoms with Crippen LogP contribution in [-0.4, -0.2) is 47.7 Å². The number of hydrogen-bond donors (Lipinski definition) is 2. The minimum atomic E-state index is -0.230. The SMILES string of the molecule is CC(C)CCC(C)NC(=O)CN1CC(O)C1. The van der Waals surface area contributed by atoms with Gasteiger partial charge in [-0.2, -0.15) is 0 Å². The van der Waals surface area contributed by atoms with Crippen LogP contribution in [0.25, 0.3) is 0 Å². The van der Waals surface area contributed by atoms with E-state index in [1.54, 1.807) is 0 Å². The number of β-amino-alcohol motifs (C(OH)–C–C–N with tert-alkyl or cyclic N) is 1. The Morgan fingerprint density at radius 3 is 2.50 bits per heavy atom. The van der Waals surface area contributed by atoms with Crippen molar-refractivity contribution in [3.05, 3.63) is 0 Å². The lowest BCUT2D eigenvalue weighted by atomic mass is 10.0. The molecule has 0 aromatic heterocycles. The minimum absolute atomic E-state index is 0.0724. The van der Waals surface area contributed by atoms with Gasteiger partial charge in [-0.25, -0.2) is 0 Å². The van der Waals surface area contributed by atoms with Crippen molar-refractivity contribution in [3.63, 3.8) is 0 Å². The molecule has 1 heterocycles. The van der Waals surface area contributed by atoms with E-state index in [4.69, 9.17) is 5.11 Å². The molecule has 1 atom stereocenters. The van der Waals surface area contributed by atoms with Gasteiger partial charge in [0.2, 0.25) is 5.91 Å². The van der Waals surface area contributed by atoms with Crippen LogP contribution in [0.2, 0.25) is 0 Å². The smallest absolute Gasteiger partial charge is 0.234 e. The number of nitrogens with one attached hydrogen (secondary N) is 1. The predicted molar refractivity (Wildman–Crippen MR) is 64.1 cm³/mol. The van der Waals surface area contributed by atoms with E-state index in [0.717, 1.165) is 12.8 Å². The maximum absolute atomic E-state index is 11.6. The molecule has 0 aliphatic carbocycles. The van der Waals surface area contributed by atoms with Gasteiger partial charge in [0.1, 0.15) is 0 Å². The van der Waals surface area contributed by atoms with Crippen LogP contribution in [0.15, 0.2) is 0 Å². The van der Waals surface area contributed by atoms with E-state index in [0.29, 0.717) is 25.6 Å². The van der Waals surface area contributed by atoms with Crippen LogP contribution in [-0.2, 0) is 4.79 Å². The summed E-state index contributed by atoms with van der Waals surface area (Å²) >= 11 is 0. The fourth-order valence-corrected chi connectivity index (χ4v) is 1.85. The first kappa shape index (κ1) is 13.5. The zero-order valence-corrected chi connectivity index (χ0v) is 10.6. The second-order valence-electron chi connectivity index (χ2n) is 5.29. The maximum Gasteiger partial charge on any atom is 0.234 e.